The molecule has 3 rings (SSSR count). The molecule has 0 unspecified atom stereocenters. The monoisotopic (exact) mass is 294 g/mol. The summed E-state index contributed by atoms with van der Waals surface area (Å²) in [5.74, 6) is -1.37. The van der Waals surface area contributed by atoms with Crippen molar-refractivity contribution in [1.82, 2.24) is 15.3 Å². The maximum absolute atomic E-state index is 12.0. The Morgan fingerprint density at radius 1 is 1.05 bits per heavy atom. The number of aromatic nitrogens is 2. The molecule has 6 heteroatoms. The number of hydrogen-bond donors (Lipinski definition) is 3. The Balaban J connectivity index is 1.64. The smallest absolute Gasteiger partial charge is 0.313 e. The van der Waals surface area contributed by atoms with Gasteiger partial charge in [0.25, 0.3) is 0 Å². The predicted octanol–water partition coefficient (Wildman–Crippen LogP) is 1.82. The fourth-order valence-electron chi connectivity index (χ4n) is 2.14. The Morgan fingerprint density at radius 2 is 1.86 bits per heavy atom. The van der Waals surface area contributed by atoms with E-state index in [1.54, 1.807) is 36.8 Å². The van der Waals surface area contributed by atoms with Crippen molar-refractivity contribution in [3.63, 3.8) is 0 Å². The molecule has 0 bridgehead atoms. The van der Waals surface area contributed by atoms with Crippen LogP contribution in [0, 0.1) is 0 Å². The van der Waals surface area contributed by atoms with Gasteiger partial charge >= 0.3 is 11.8 Å². The van der Waals surface area contributed by atoms with Crippen molar-refractivity contribution in [2.75, 3.05) is 5.32 Å². The number of carbonyl (C=O) groups excluding carboxylic acids is 2. The Morgan fingerprint density at radius 3 is 2.68 bits per heavy atom. The number of hydrogen-bond acceptors (Lipinski definition) is 3. The van der Waals surface area contributed by atoms with Gasteiger partial charge in [0.2, 0.25) is 0 Å². The lowest BCUT2D eigenvalue weighted by Gasteiger charge is -2.07. The molecule has 0 spiro atoms. The van der Waals surface area contributed by atoms with Gasteiger partial charge in [0.05, 0.1) is 5.69 Å². The number of fused-ring (bicyclic) bond motifs is 1. The SMILES string of the molecule is O=C(NCc1ccncc1)C(=O)Nc1cccc2[nH]ccc12. The van der Waals surface area contributed by atoms with Gasteiger partial charge in [-0.1, -0.05) is 6.07 Å². The molecule has 1 aromatic carbocycles. The number of nitrogens with one attached hydrogen (secondary N) is 3. The van der Waals surface area contributed by atoms with Crippen molar-refractivity contribution in [1.29, 1.82) is 0 Å². The molecular formula is C16H14N4O2. The van der Waals surface area contributed by atoms with Crippen LogP contribution in [-0.2, 0) is 16.1 Å². The molecule has 0 saturated heterocycles. The first-order valence-electron chi connectivity index (χ1n) is 6.78. The third kappa shape index (κ3) is 2.95. The van der Waals surface area contributed by atoms with Crippen LogP contribution in [0.1, 0.15) is 5.56 Å². The maximum Gasteiger partial charge on any atom is 0.313 e. The topological polar surface area (TPSA) is 86.9 Å². The summed E-state index contributed by atoms with van der Waals surface area (Å²) < 4.78 is 0. The van der Waals surface area contributed by atoms with Gasteiger partial charge in [0.15, 0.2) is 0 Å². The average Bonchev–Trinajstić information content (AvgIpc) is 3.03. The molecule has 2 aromatic heterocycles. The van der Waals surface area contributed by atoms with Gasteiger partial charge in [-0.25, -0.2) is 0 Å². The summed E-state index contributed by atoms with van der Waals surface area (Å²) in [6.07, 6.45) is 5.05. The third-order valence-electron chi connectivity index (χ3n) is 3.25. The van der Waals surface area contributed by atoms with Crippen LogP contribution in [0.2, 0.25) is 0 Å². The standard InChI is InChI=1S/C16H14N4O2/c21-15(19-10-11-4-7-17-8-5-11)16(22)20-14-3-1-2-13-12(14)6-9-18-13/h1-9,18H,10H2,(H,19,21)(H,20,22). The van der Waals surface area contributed by atoms with E-state index in [9.17, 15) is 9.59 Å². The van der Waals surface area contributed by atoms with Crippen molar-refractivity contribution in [2.45, 2.75) is 6.54 Å². The van der Waals surface area contributed by atoms with Crippen molar-refractivity contribution in [3.8, 4) is 0 Å². The van der Waals surface area contributed by atoms with Gasteiger partial charge in [-0.15, -0.1) is 0 Å². The van der Waals surface area contributed by atoms with Gasteiger partial charge in [-0.05, 0) is 35.9 Å². The summed E-state index contributed by atoms with van der Waals surface area (Å²) in [5, 5.41) is 6.06. The molecule has 0 fully saturated rings. The number of pyridine rings is 1. The largest absolute Gasteiger partial charge is 0.361 e. The zero-order valence-corrected chi connectivity index (χ0v) is 11.7. The molecule has 110 valence electrons. The second-order valence-corrected chi connectivity index (χ2v) is 4.74. The summed E-state index contributed by atoms with van der Waals surface area (Å²) in [6.45, 7) is 0.281. The van der Waals surface area contributed by atoms with Gasteiger partial charge < -0.3 is 15.6 Å². The molecule has 0 aliphatic heterocycles. The van der Waals surface area contributed by atoms with Crippen LogP contribution < -0.4 is 10.6 Å². The first kappa shape index (κ1) is 13.8. The van der Waals surface area contributed by atoms with Crippen LogP contribution in [0.5, 0.6) is 0 Å². The lowest BCUT2D eigenvalue weighted by Crippen LogP contribution is -2.34. The zero-order valence-electron chi connectivity index (χ0n) is 11.7. The summed E-state index contributed by atoms with van der Waals surface area (Å²) in [5.41, 5.74) is 2.38. The zero-order chi connectivity index (χ0) is 15.4. The van der Waals surface area contributed by atoms with Gasteiger partial charge in [0, 0.05) is 36.0 Å². The molecule has 0 atom stereocenters. The number of benzene rings is 1. The van der Waals surface area contributed by atoms with Crippen LogP contribution in [0.4, 0.5) is 5.69 Å². The molecule has 3 N–H and O–H groups in total. The van der Waals surface area contributed by atoms with E-state index in [1.165, 1.54) is 0 Å². The lowest BCUT2D eigenvalue weighted by molar-refractivity contribution is -0.136. The molecule has 2 heterocycles. The highest BCUT2D eigenvalue weighted by molar-refractivity contribution is 6.40. The highest BCUT2D eigenvalue weighted by Gasteiger charge is 2.14. The molecule has 22 heavy (non-hydrogen) atoms. The second-order valence-electron chi connectivity index (χ2n) is 4.74. The van der Waals surface area contributed by atoms with E-state index in [4.69, 9.17) is 0 Å². The average molecular weight is 294 g/mol. The van der Waals surface area contributed by atoms with Gasteiger partial charge in [-0.2, -0.15) is 0 Å². The first-order chi connectivity index (χ1) is 10.7. The van der Waals surface area contributed by atoms with E-state index in [-0.39, 0.29) is 6.54 Å². The van der Waals surface area contributed by atoms with E-state index < -0.39 is 11.8 Å². The number of aromatic amines is 1. The summed E-state index contributed by atoms with van der Waals surface area (Å²) in [7, 11) is 0. The Hall–Kier alpha value is -3.15. The predicted molar refractivity (Wildman–Crippen MR) is 83.0 cm³/mol. The minimum absolute atomic E-state index is 0.281. The molecule has 0 saturated carbocycles. The second kappa shape index (κ2) is 6.09. The normalized spacial score (nSPS) is 10.4. The van der Waals surface area contributed by atoms with E-state index in [1.807, 2.05) is 18.2 Å². The van der Waals surface area contributed by atoms with Crippen molar-refractivity contribution < 1.29 is 9.59 Å². The molecule has 6 nitrogen and oxygen atoms in total. The van der Waals surface area contributed by atoms with Gasteiger partial charge in [0.1, 0.15) is 0 Å². The molecular weight excluding hydrogens is 280 g/mol. The maximum atomic E-state index is 12.0. The quantitative estimate of drug-likeness (QED) is 0.644. The highest BCUT2D eigenvalue weighted by atomic mass is 16.2. The van der Waals surface area contributed by atoms with E-state index in [0.29, 0.717) is 5.69 Å². The summed E-state index contributed by atoms with van der Waals surface area (Å²) >= 11 is 0. The Bertz CT molecular complexity index is 811. The molecule has 0 aliphatic carbocycles. The van der Waals surface area contributed by atoms with Gasteiger partial charge in [-0.3, -0.25) is 14.6 Å². The Kier molecular flexibility index (Phi) is 3.82. The van der Waals surface area contributed by atoms with E-state index in [2.05, 4.69) is 20.6 Å². The van der Waals surface area contributed by atoms with Crippen LogP contribution in [0.15, 0.2) is 55.0 Å². The number of anilines is 1. The van der Waals surface area contributed by atoms with Crippen LogP contribution in [0.3, 0.4) is 0 Å². The third-order valence-corrected chi connectivity index (χ3v) is 3.25. The Labute approximate surface area is 126 Å². The number of carbonyl (C=O) groups is 2. The summed E-state index contributed by atoms with van der Waals surface area (Å²) in [6, 6.07) is 10.9. The van der Waals surface area contributed by atoms with Crippen LogP contribution >= 0.6 is 0 Å². The number of nitrogens with zero attached hydrogens (tertiary/aromatic N) is 1. The molecule has 0 radical (unpaired) electrons. The van der Waals surface area contributed by atoms with Crippen LogP contribution in [0.25, 0.3) is 10.9 Å². The fraction of sp³-hybridized carbons (Fsp3) is 0.0625. The van der Waals surface area contributed by atoms with Crippen molar-refractivity contribution in [3.05, 3.63) is 60.6 Å². The molecule has 0 aliphatic rings. The molecule has 3 aromatic rings. The number of amides is 2. The van der Waals surface area contributed by atoms with E-state index >= 15 is 0 Å². The minimum Gasteiger partial charge on any atom is -0.361 e. The number of rotatable bonds is 3. The fourth-order valence-corrected chi connectivity index (χ4v) is 2.14. The lowest BCUT2D eigenvalue weighted by atomic mass is 10.2. The van der Waals surface area contributed by atoms with Crippen LogP contribution in [-0.4, -0.2) is 21.8 Å². The van der Waals surface area contributed by atoms with E-state index in [0.717, 1.165) is 16.5 Å². The van der Waals surface area contributed by atoms with Crippen molar-refractivity contribution in [2.24, 2.45) is 0 Å². The molecule has 2 amide bonds. The minimum atomic E-state index is -0.692. The first-order valence-corrected chi connectivity index (χ1v) is 6.78. The van der Waals surface area contributed by atoms with Crippen molar-refractivity contribution >= 4 is 28.4 Å². The summed E-state index contributed by atoms with van der Waals surface area (Å²) in [4.78, 5) is 30.7. The highest BCUT2D eigenvalue weighted by Crippen LogP contribution is 2.21. The number of H-pyrrole nitrogens is 1.